The van der Waals surface area contributed by atoms with Gasteiger partial charge in [-0.1, -0.05) is 6.92 Å². The maximum absolute atomic E-state index is 5.39. The van der Waals surface area contributed by atoms with E-state index in [0.29, 0.717) is 25.5 Å². The molecule has 0 saturated heterocycles. The van der Waals surface area contributed by atoms with Crippen LogP contribution in [0.3, 0.4) is 0 Å². The Morgan fingerprint density at radius 1 is 1.54 bits per heavy atom. The second-order valence-electron chi connectivity index (χ2n) is 2.70. The van der Waals surface area contributed by atoms with Crippen molar-refractivity contribution in [1.29, 1.82) is 0 Å². The van der Waals surface area contributed by atoms with E-state index in [1.165, 1.54) is 0 Å². The van der Waals surface area contributed by atoms with Crippen LogP contribution in [0, 0.1) is 0 Å². The molecule has 1 rings (SSSR count). The van der Waals surface area contributed by atoms with E-state index >= 15 is 0 Å². The van der Waals surface area contributed by atoms with Crippen molar-refractivity contribution in [1.82, 2.24) is 9.97 Å². The van der Waals surface area contributed by atoms with Gasteiger partial charge >= 0.3 is 0 Å². The highest BCUT2D eigenvalue weighted by Crippen LogP contribution is 2.05. The Balaban J connectivity index is 2.56. The maximum atomic E-state index is 5.39. The van der Waals surface area contributed by atoms with Crippen LogP contribution in [0.1, 0.15) is 19.2 Å². The summed E-state index contributed by atoms with van der Waals surface area (Å²) in [6.07, 6.45) is 3.38. The number of rotatable bonds is 5. The van der Waals surface area contributed by atoms with Gasteiger partial charge in [-0.15, -0.1) is 0 Å². The van der Waals surface area contributed by atoms with Crippen molar-refractivity contribution in [3.8, 4) is 5.88 Å². The predicted molar refractivity (Wildman–Crippen MR) is 50.6 cm³/mol. The van der Waals surface area contributed by atoms with Crippen LogP contribution < -0.4 is 10.5 Å². The second kappa shape index (κ2) is 5.48. The number of nitrogens with zero attached hydrogens (tertiary/aromatic N) is 2. The minimum absolute atomic E-state index is 0.567. The molecule has 0 spiro atoms. The lowest BCUT2D eigenvalue weighted by molar-refractivity contribution is 0.303. The van der Waals surface area contributed by atoms with Gasteiger partial charge in [0, 0.05) is 18.7 Å². The van der Waals surface area contributed by atoms with Crippen LogP contribution in [0.15, 0.2) is 12.3 Å². The molecule has 4 nitrogen and oxygen atoms in total. The van der Waals surface area contributed by atoms with Gasteiger partial charge in [0.25, 0.3) is 0 Å². The van der Waals surface area contributed by atoms with Gasteiger partial charge in [-0.3, -0.25) is 0 Å². The molecule has 0 aliphatic carbocycles. The summed E-state index contributed by atoms with van der Waals surface area (Å²) < 4.78 is 5.35. The first-order chi connectivity index (χ1) is 6.36. The van der Waals surface area contributed by atoms with E-state index in [9.17, 15) is 0 Å². The zero-order valence-corrected chi connectivity index (χ0v) is 7.86. The highest BCUT2D eigenvalue weighted by atomic mass is 16.5. The van der Waals surface area contributed by atoms with Gasteiger partial charge in [-0.2, -0.15) is 4.98 Å². The Morgan fingerprint density at radius 3 is 3.08 bits per heavy atom. The van der Waals surface area contributed by atoms with Gasteiger partial charge in [-0.05, 0) is 13.0 Å². The summed E-state index contributed by atoms with van der Waals surface area (Å²) in [5.74, 6) is 1.39. The third kappa shape index (κ3) is 3.38. The van der Waals surface area contributed by atoms with Crippen molar-refractivity contribution < 1.29 is 4.74 Å². The molecule has 0 aliphatic heterocycles. The van der Waals surface area contributed by atoms with Gasteiger partial charge in [0.05, 0.1) is 6.61 Å². The number of hydrogen-bond acceptors (Lipinski definition) is 4. The minimum atomic E-state index is 0.567. The molecule has 0 amide bonds. The molecule has 0 radical (unpaired) electrons. The third-order valence-electron chi connectivity index (χ3n) is 1.50. The molecule has 1 aromatic heterocycles. The molecule has 0 unspecified atom stereocenters. The maximum Gasteiger partial charge on any atom is 0.216 e. The summed E-state index contributed by atoms with van der Waals surface area (Å²) in [6.45, 7) is 3.32. The van der Waals surface area contributed by atoms with E-state index in [0.717, 1.165) is 12.2 Å². The first-order valence-electron chi connectivity index (χ1n) is 4.51. The van der Waals surface area contributed by atoms with Crippen LogP contribution in [-0.2, 0) is 6.42 Å². The monoisotopic (exact) mass is 181 g/mol. The third-order valence-corrected chi connectivity index (χ3v) is 1.50. The van der Waals surface area contributed by atoms with Gasteiger partial charge in [-0.25, -0.2) is 4.98 Å². The van der Waals surface area contributed by atoms with Crippen LogP contribution in [0.5, 0.6) is 5.88 Å². The highest BCUT2D eigenvalue weighted by Gasteiger charge is 1.98. The molecular weight excluding hydrogens is 166 g/mol. The fourth-order valence-electron chi connectivity index (χ4n) is 0.917. The van der Waals surface area contributed by atoms with Crippen LogP contribution in [0.4, 0.5) is 0 Å². The van der Waals surface area contributed by atoms with Gasteiger partial charge in [0.1, 0.15) is 5.82 Å². The smallest absolute Gasteiger partial charge is 0.216 e. The number of ether oxygens (including phenoxy) is 1. The summed E-state index contributed by atoms with van der Waals surface area (Å²) in [6, 6.07) is 1.76. The second-order valence-corrected chi connectivity index (χ2v) is 2.70. The zero-order valence-electron chi connectivity index (χ0n) is 7.86. The lowest BCUT2D eigenvalue weighted by atomic mass is 10.4. The molecule has 4 heteroatoms. The average Bonchev–Trinajstić information content (AvgIpc) is 2.16. The predicted octanol–water partition coefficient (Wildman–Crippen LogP) is 0.767. The fourth-order valence-corrected chi connectivity index (χ4v) is 0.917. The minimum Gasteiger partial charge on any atom is -0.478 e. The summed E-state index contributed by atoms with van der Waals surface area (Å²) in [5, 5.41) is 0. The van der Waals surface area contributed by atoms with Crippen molar-refractivity contribution in [2.45, 2.75) is 19.8 Å². The van der Waals surface area contributed by atoms with E-state index in [1.54, 1.807) is 12.3 Å². The molecule has 0 fully saturated rings. The largest absolute Gasteiger partial charge is 0.478 e. The highest BCUT2D eigenvalue weighted by molar-refractivity contribution is 5.08. The molecular formula is C9H15N3O. The van der Waals surface area contributed by atoms with E-state index < -0.39 is 0 Å². The van der Waals surface area contributed by atoms with Gasteiger partial charge in [0.15, 0.2) is 0 Å². The Kier molecular flexibility index (Phi) is 4.18. The molecule has 2 N–H and O–H groups in total. The molecule has 0 atom stereocenters. The number of hydrogen-bond donors (Lipinski definition) is 1. The standard InChI is InChI=1S/C9H15N3O/c1-2-7-13-9-4-6-11-8(12-9)3-5-10/h4,6H,2-3,5,7,10H2,1H3. The van der Waals surface area contributed by atoms with Crippen LogP contribution in [0.25, 0.3) is 0 Å². The van der Waals surface area contributed by atoms with Crippen molar-refractivity contribution in [2.75, 3.05) is 13.2 Å². The Hall–Kier alpha value is -1.16. The molecule has 1 heterocycles. The van der Waals surface area contributed by atoms with E-state index in [2.05, 4.69) is 16.9 Å². The zero-order chi connectivity index (χ0) is 9.52. The summed E-state index contributed by atoms with van der Waals surface area (Å²) >= 11 is 0. The Bertz CT molecular complexity index is 252. The number of nitrogens with two attached hydrogens (primary N) is 1. The van der Waals surface area contributed by atoms with Crippen LogP contribution >= 0.6 is 0 Å². The van der Waals surface area contributed by atoms with E-state index in [-0.39, 0.29) is 0 Å². The molecule has 0 aliphatic rings. The van der Waals surface area contributed by atoms with Crippen molar-refractivity contribution in [3.63, 3.8) is 0 Å². The fraction of sp³-hybridized carbons (Fsp3) is 0.556. The quantitative estimate of drug-likeness (QED) is 0.728. The lowest BCUT2D eigenvalue weighted by Crippen LogP contribution is -2.07. The Morgan fingerprint density at radius 2 is 2.38 bits per heavy atom. The number of aromatic nitrogens is 2. The Labute approximate surface area is 78.1 Å². The first-order valence-corrected chi connectivity index (χ1v) is 4.51. The summed E-state index contributed by atoms with van der Waals surface area (Å²) in [5.41, 5.74) is 5.39. The lowest BCUT2D eigenvalue weighted by Gasteiger charge is -2.03. The van der Waals surface area contributed by atoms with Crippen LogP contribution in [0.2, 0.25) is 0 Å². The van der Waals surface area contributed by atoms with Crippen molar-refractivity contribution in [3.05, 3.63) is 18.1 Å². The topological polar surface area (TPSA) is 61.0 Å². The molecule has 0 saturated carbocycles. The average molecular weight is 181 g/mol. The normalized spacial score (nSPS) is 10.0. The molecule has 72 valence electrons. The van der Waals surface area contributed by atoms with E-state index in [4.69, 9.17) is 10.5 Å². The van der Waals surface area contributed by atoms with E-state index in [1.807, 2.05) is 0 Å². The van der Waals surface area contributed by atoms with Crippen LogP contribution in [-0.4, -0.2) is 23.1 Å². The first kappa shape index (κ1) is 9.92. The van der Waals surface area contributed by atoms with Crippen molar-refractivity contribution in [2.24, 2.45) is 5.73 Å². The molecule has 0 aromatic carbocycles. The molecule has 13 heavy (non-hydrogen) atoms. The summed E-state index contributed by atoms with van der Waals surface area (Å²) in [4.78, 5) is 8.25. The SMILES string of the molecule is CCCOc1ccnc(CCN)n1. The molecule has 1 aromatic rings. The summed E-state index contributed by atoms with van der Waals surface area (Å²) in [7, 11) is 0. The van der Waals surface area contributed by atoms with Gasteiger partial charge in [0.2, 0.25) is 5.88 Å². The van der Waals surface area contributed by atoms with Crippen molar-refractivity contribution >= 4 is 0 Å². The van der Waals surface area contributed by atoms with Gasteiger partial charge < -0.3 is 10.5 Å². The molecule has 0 bridgehead atoms.